The lowest BCUT2D eigenvalue weighted by Gasteiger charge is -2.15. The van der Waals surface area contributed by atoms with Crippen LogP contribution in [0.15, 0.2) is 10.2 Å². The van der Waals surface area contributed by atoms with Crippen molar-refractivity contribution in [2.75, 3.05) is 6.61 Å². The van der Waals surface area contributed by atoms with Gasteiger partial charge >= 0.3 is 0 Å². The highest BCUT2D eigenvalue weighted by atomic mass is 32.1. The van der Waals surface area contributed by atoms with Gasteiger partial charge in [0.1, 0.15) is 17.9 Å². The van der Waals surface area contributed by atoms with Gasteiger partial charge in [-0.05, 0) is 24.4 Å². The largest absolute Gasteiger partial charge is 0.394 e. The molecule has 0 saturated heterocycles. The molecule has 0 aromatic carbocycles. The summed E-state index contributed by atoms with van der Waals surface area (Å²) in [5, 5.41) is 34.5. The number of aliphatic hydroxyl groups excluding tert-OH is 3. The third kappa shape index (κ3) is 7.03. The van der Waals surface area contributed by atoms with E-state index in [2.05, 4.69) is 45.5 Å². The first-order valence-electron chi connectivity index (χ1n) is 4.57. The van der Waals surface area contributed by atoms with E-state index in [1.54, 1.807) is 0 Å². The summed E-state index contributed by atoms with van der Waals surface area (Å²) in [7, 11) is 0. The molecule has 102 valence electrons. The van der Waals surface area contributed by atoms with Crippen LogP contribution in [0.3, 0.4) is 0 Å². The molecule has 2 atom stereocenters. The molecule has 9 nitrogen and oxygen atoms in total. The molecular weight excluding hydrogens is 280 g/mol. The molecule has 18 heavy (non-hydrogen) atoms. The van der Waals surface area contributed by atoms with Crippen molar-refractivity contribution < 1.29 is 15.3 Å². The van der Waals surface area contributed by atoms with E-state index in [0.717, 1.165) is 6.21 Å². The minimum Gasteiger partial charge on any atom is -0.394 e. The Morgan fingerprint density at radius 3 is 2.22 bits per heavy atom. The second-order valence-corrected chi connectivity index (χ2v) is 3.82. The van der Waals surface area contributed by atoms with Gasteiger partial charge in [0.25, 0.3) is 0 Å². The zero-order valence-electron chi connectivity index (χ0n) is 9.15. The van der Waals surface area contributed by atoms with E-state index in [4.69, 9.17) is 16.6 Å². The van der Waals surface area contributed by atoms with E-state index >= 15 is 0 Å². The second-order valence-electron chi connectivity index (χ2n) is 2.94. The molecule has 9 N–H and O–H groups in total. The molecule has 0 aromatic heterocycles. The summed E-state index contributed by atoms with van der Waals surface area (Å²) in [5.41, 5.74) is 14.6. The summed E-state index contributed by atoms with van der Waals surface area (Å²) in [6, 6.07) is 0. The molecule has 0 radical (unpaired) electrons. The molecule has 0 spiro atoms. The van der Waals surface area contributed by atoms with Crippen molar-refractivity contribution in [1.82, 2.24) is 10.9 Å². The Kier molecular flexibility index (Phi) is 7.98. The van der Waals surface area contributed by atoms with E-state index < -0.39 is 18.8 Å². The van der Waals surface area contributed by atoms with Crippen molar-refractivity contribution in [3.8, 4) is 0 Å². The number of aliphatic hydroxyl groups is 3. The van der Waals surface area contributed by atoms with Gasteiger partial charge in [-0.1, -0.05) is 0 Å². The third-order valence-electron chi connectivity index (χ3n) is 1.52. The van der Waals surface area contributed by atoms with Crippen molar-refractivity contribution in [3.63, 3.8) is 0 Å². The average molecular weight is 294 g/mol. The van der Waals surface area contributed by atoms with Gasteiger partial charge in [-0.2, -0.15) is 10.2 Å². The smallest absolute Gasteiger partial charge is 0.184 e. The van der Waals surface area contributed by atoms with Crippen LogP contribution in [0.5, 0.6) is 0 Å². The quantitative estimate of drug-likeness (QED) is 0.151. The predicted octanol–water partition coefficient (Wildman–Crippen LogP) is -3.29. The van der Waals surface area contributed by atoms with Crippen molar-refractivity contribution in [3.05, 3.63) is 0 Å². The maximum absolute atomic E-state index is 9.61. The van der Waals surface area contributed by atoms with Gasteiger partial charge in [-0.25, -0.2) is 0 Å². The zero-order valence-corrected chi connectivity index (χ0v) is 10.8. The molecule has 2 unspecified atom stereocenters. The average Bonchev–Trinajstić information content (AvgIpc) is 2.30. The van der Waals surface area contributed by atoms with E-state index in [1.165, 1.54) is 0 Å². The van der Waals surface area contributed by atoms with Crippen LogP contribution in [-0.4, -0.2) is 56.3 Å². The molecule has 0 bridgehead atoms. The number of rotatable bonds is 6. The lowest BCUT2D eigenvalue weighted by atomic mass is 10.1. The zero-order chi connectivity index (χ0) is 14.1. The van der Waals surface area contributed by atoms with Gasteiger partial charge in [0.15, 0.2) is 10.2 Å². The third-order valence-corrected chi connectivity index (χ3v) is 1.70. The Bertz CT molecular complexity index is 361. The first-order valence-corrected chi connectivity index (χ1v) is 5.38. The minimum atomic E-state index is -1.49. The summed E-state index contributed by atoms with van der Waals surface area (Å²) in [5.74, 6) is 0. The van der Waals surface area contributed by atoms with Crippen LogP contribution < -0.4 is 22.3 Å². The molecule has 0 saturated carbocycles. The Hall–Kier alpha value is -1.40. The molecule has 0 aromatic rings. The van der Waals surface area contributed by atoms with Gasteiger partial charge < -0.3 is 26.8 Å². The van der Waals surface area contributed by atoms with Crippen LogP contribution in [0.4, 0.5) is 0 Å². The molecule has 0 rings (SSSR count). The first kappa shape index (κ1) is 16.6. The first-order chi connectivity index (χ1) is 8.38. The van der Waals surface area contributed by atoms with Crippen molar-refractivity contribution in [2.24, 2.45) is 21.7 Å². The van der Waals surface area contributed by atoms with Crippen LogP contribution >= 0.6 is 24.4 Å². The van der Waals surface area contributed by atoms with E-state index in [-0.39, 0.29) is 15.9 Å². The SMILES string of the molecule is NC(=S)NN=CC(=NNC(N)=S)C(O)C(O)CO. The lowest BCUT2D eigenvalue weighted by molar-refractivity contribution is 0.0191. The fourth-order valence-electron chi connectivity index (χ4n) is 0.750. The maximum Gasteiger partial charge on any atom is 0.184 e. The van der Waals surface area contributed by atoms with E-state index in [0.29, 0.717) is 0 Å². The Morgan fingerprint density at radius 2 is 1.78 bits per heavy atom. The molecule has 0 aliphatic rings. The Labute approximate surface area is 114 Å². The van der Waals surface area contributed by atoms with Crippen LogP contribution in [0, 0.1) is 0 Å². The fraction of sp³-hybridized carbons (Fsp3) is 0.429. The number of nitrogens with zero attached hydrogens (tertiary/aromatic N) is 2. The van der Waals surface area contributed by atoms with Crippen molar-refractivity contribution in [1.29, 1.82) is 0 Å². The Balaban J connectivity index is 4.81. The Morgan fingerprint density at radius 1 is 1.22 bits per heavy atom. The van der Waals surface area contributed by atoms with Crippen LogP contribution in [0.2, 0.25) is 0 Å². The molecule has 0 aliphatic heterocycles. The summed E-state index contributed by atoms with van der Waals surface area (Å²) in [6.45, 7) is -0.663. The highest BCUT2D eigenvalue weighted by Crippen LogP contribution is 1.95. The monoisotopic (exact) mass is 294 g/mol. The second kappa shape index (κ2) is 8.66. The fourth-order valence-corrected chi connectivity index (χ4v) is 0.848. The molecule has 0 heterocycles. The van der Waals surface area contributed by atoms with Gasteiger partial charge in [0.2, 0.25) is 0 Å². The lowest BCUT2D eigenvalue weighted by Crippen LogP contribution is -2.39. The van der Waals surface area contributed by atoms with E-state index in [9.17, 15) is 10.2 Å². The van der Waals surface area contributed by atoms with Gasteiger partial charge in [0, 0.05) is 0 Å². The molecular formula is C7H14N6O3S2. The van der Waals surface area contributed by atoms with Gasteiger partial charge in [-0.3, -0.25) is 10.9 Å². The molecule has 0 amide bonds. The summed E-state index contributed by atoms with van der Waals surface area (Å²) < 4.78 is 0. The van der Waals surface area contributed by atoms with Gasteiger partial charge in [0.05, 0.1) is 12.8 Å². The number of nitrogens with one attached hydrogen (secondary N) is 2. The highest BCUT2D eigenvalue weighted by Gasteiger charge is 2.20. The number of hydrogen-bond donors (Lipinski definition) is 7. The summed E-state index contributed by atoms with van der Waals surface area (Å²) in [6.07, 6.45) is -1.89. The molecule has 0 aliphatic carbocycles. The van der Waals surface area contributed by atoms with Crippen LogP contribution in [-0.2, 0) is 0 Å². The topological polar surface area (TPSA) is 162 Å². The molecule has 11 heteroatoms. The summed E-state index contributed by atoms with van der Waals surface area (Å²) in [4.78, 5) is 0. The van der Waals surface area contributed by atoms with Crippen LogP contribution in [0.1, 0.15) is 0 Å². The highest BCUT2D eigenvalue weighted by molar-refractivity contribution is 7.80. The minimum absolute atomic E-state index is 0.0925. The number of nitrogens with two attached hydrogens (primary N) is 2. The van der Waals surface area contributed by atoms with Crippen molar-refractivity contribution in [2.45, 2.75) is 12.2 Å². The van der Waals surface area contributed by atoms with Crippen molar-refractivity contribution >= 4 is 46.6 Å². The number of hydrazone groups is 2. The maximum atomic E-state index is 9.61. The predicted molar refractivity (Wildman–Crippen MR) is 74.9 cm³/mol. The number of hydrogen-bond acceptors (Lipinski definition) is 7. The normalized spacial score (nSPS) is 15.2. The number of thiocarbonyl (C=S) groups is 2. The standard InChI is InChI=1S/C7H14N6O3S2/c8-6(17)12-10-1-3(11-13-7(9)18)5(16)4(15)2-14/h1,4-5,14-16H,2H2,(H3,8,12,17)(H3,9,13,18). The summed E-state index contributed by atoms with van der Waals surface area (Å²) >= 11 is 9.01. The van der Waals surface area contributed by atoms with E-state index in [1.807, 2.05) is 0 Å². The van der Waals surface area contributed by atoms with Gasteiger partial charge in [-0.15, -0.1) is 0 Å². The van der Waals surface area contributed by atoms with Crippen LogP contribution in [0.25, 0.3) is 0 Å². The molecule has 0 fully saturated rings.